The molecular weight excluding hydrogens is 468 g/mol. The fourth-order valence-electron chi connectivity index (χ4n) is 4.68. The second-order valence-electron chi connectivity index (χ2n) is 8.92. The molecule has 2 saturated heterocycles. The van der Waals surface area contributed by atoms with Crippen molar-refractivity contribution < 1.29 is 28.8 Å². The number of esters is 1. The largest absolute Gasteiger partial charge is 0.615 e. The number of carbonyl (C=O) groups is 3. The standard InChI is InChI=1S/C26H30N2O6S/c29-24-20(12-7-13-23-28(24)22(25(30)31)17-35(23)33)27-21(15-14-18-8-3-1-4-9-18)26(32)34-16-19-10-5-2-6-11-19/h1-6,8-11,20-23,27H,7,12-17H2,(H,30,31)/t20-,21?,22-,23+,35-/m0/s1. The van der Waals surface area contributed by atoms with Crippen LogP contribution >= 0.6 is 0 Å². The summed E-state index contributed by atoms with van der Waals surface area (Å²) in [6.45, 7) is 0.121. The summed E-state index contributed by atoms with van der Waals surface area (Å²) in [5.41, 5.74) is 1.92. The zero-order chi connectivity index (χ0) is 24.8. The second kappa shape index (κ2) is 11.7. The second-order valence-corrected chi connectivity index (χ2v) is 10.6. The third kappa shape index (κ3) is 6.22. The quantitative estimate of drug-likeness (QED) is 0.402. The Hall–Kier alpha value is -2.88. The number of ether oxygens (including phenoxy) is 1. The van der Waals surface area contributed by atoms with Crippen LogP contribution in [0.1, 0.15) is 36.8 Å². The molecule has 186 valence electrons. The topological polar surface area (TPSA) is 119 Å². The molecular formula is C26H30N2O6S. The van der Waals surface area contributed by atoms with Crippen LogP contribution in [0.3, 0.4) is 0 Å². The van der Waals surface area contributed by atoms with Crippen LogP contribution in [0.25, 0.3) is 0 Å². The summed E-state index contributed by atoms with van der Waals surface area (Å²) in [5, 5.41) is 12.2. The maximum absolute atomic E-state index is 13.4. The van der Waals surface area contributed by atoms with E-state index in [1.165, 1.54) is 4.90 Å². The van der Waals surface area contributed by atoms with E-state index in [-0.39, 0.29) is 12.4 Å². The molecule has 9 heteroatoms. The van der Waals surface area contributed by atoms with Crippen molar-refractivity contribution in [2.24, 2.45) is 0 Å². The van der Waals surface area contributed by atoms with Gasteiger partial charge >= 0.3 is 11.9 Å². The van der Waals surface area contributed by atoms with Crippen LogP contribution in [0.5, 0.6) is 0 Å². The molecule has 2 heterocycles. The Bertz CT molecular complexity index is 1020. The lowest BCUT2D eigenvalue weighted by molar-refractivity contribution is -0.151. The minimum atomic E-state index is -1.41. The average Bonchev–Trinajstić information content (AvgIpc) is 3.11. The van der Waals surface area contributed by atoms with Gasteiger partial charge in [0.05, 0.1) is 6.04 Å². The minimum absolute atomic E-state index is 0.0605. The summed E-state index contributed by atoms with van der Waals surface area (Å²) in [4.78, 5) is 39.5. The number of carboxylic acids is 1. The van der Waals surface area contributed by atoms with E-state index in [9.17, 15) is 24.0 Å². The molecule has 1 amide bonds. The number of hydrogen-bond donors (Lipinski definition) is 2. The zero-order valence-corrected chi connectivity index (χ0v) is 20.2. The van der Waals surface area contributed by atoms with Gasteiger partial charge in [-0.1, -0.05) is 60.7 Å². The molecule has 2 N–H and O–H groups in total. The highest BCUT2D eigenvalue weighted by Crippen LogP contribution is 2.32. The van der Waals surface area contributed by atoms with Gasteiger partial charge in [-0.05, 0) is 48.0 Å². The van der Waals surface area contributed by atoms with E-state index >= 15 is 0 Å². The normalized spacial score (nSPS) is 24.9. The molecule has 0 saturated carbocycles. The van der Waals surface area contributed by atoms with Gasteiger partial charge in [0, 0.05) is 6.42 Å². The van der Waals surface area contributed by atoms with E-state index in [2.05, 4.69) is 5.32 Å². The Labute approximate surface area is 207 Å². The molecule has 1 unspecified atom stereocenters. The number of carboxylic acid groups (broad SMARTS) is 1. The van der Waals surface area contributed by atoms with Gasteiger partial charge in [0.1, 0.15) is 18.4 Å². The Morgan fingerprint density at radius 3 is 2.40 bits per heavy atom. The highest BCUT2D eigenvalue weighted by atomic mass is 32.2. The van der Waals surface area contributed by atoms with E-state index in [4.69, 9.17) is 4.74 Å². The Kier molecular flexibility index (Phi) is 8.43. The van der Waals surface area contributed by atoms with Gasteiger partial charge in [-0.2, -0.15) is 0 Å². The predicted octanol–water partition coefficient (Wildman–Crippen LogP) is 2.24. The molecule has 0 bridgehead atoms. The first-order valence-corrected chi connectivity index (χ1v) is 13.2. The molecule has 8 nitrogen and oxygen atoms in total. The van der Waals surface area contributed by atoms with Crippen LogP contribution in [0.4, 0.5) is 0 Å². The minimum Gasteiger partial charge on any atom is -0.615 e. The summed E-state index contributed by atoms with van der Waals surface area (Å²) in [7, 11) is 0. The van der Waals surface area contributed by atoms with Gasteiger partial charge in [0.15, 0.2) is 11.4 Å². The average molecular weight is 499 g/mol. The molecule has 35 heavy (non-hydrogen) atoms. The lowest BCUT2D eigenvalue weighted by atomic mass is 10.0. The summed E-state index contributed by atoms with van der Waals surface area (Å²) < 4.78 is 18.1. The first-order chi connectivity index (χ1) is 16.9. The lowest BCUT2D eigenvalue weighted by Gasteiger charge is -2.28. The Balaban J connectivity index is 1.49. The highest BCUT2D eigenvalue weighted by Gasteiger charge is 2.52. The Morgan fingerprint density at radius 2 is 1.74 bits per heavy atom. The molecule has 2 aliphatic rings. The number of amides is 1. The number of fused-ring (bicyclic) bond motifs is 1. The van der Waals surface area contributed by atoms with Gasteiger partial charge in [-0.3, -0.25) is 19.8 Å². The summed E-state index contributed by atoms with van der Waals surface area (Å²) in [6.07, 6.45) is 2.54. The fraction of sp³-hybridized carbons (Fsp3) is 0.423. The smallest absolute Gasteiger partial charge is 0.331 e. The van der Waals surface area contributed by atoms with Gasteiger partial charge < -0.3 is 14.4 Å². The molecule has 2 aromatic carbocycles. The van der Waals surface area contributed by atoms with Crippen molar-refractivity contribution in [3.8, 4) is 0 Å². The molecule has 0 spiro atoms. The van der Waals surface area contributed by atoms with Crippen molar-refractivity contribution >= 4 is 29.0 Å². The van der Waals surface area contributed by atoms with E-state index in [1.807, 2.05) is 60.7 Å². The van der Waals surface area contributed by atoms with Crippen molar-refractivity contribution in [1.82, 2.24) is 10.2 Å². The van der Waals surface area contributed by atoms with E-state index in [0.717, 1.165) is 11.1 Å². The monoisotopic (exact) mass is 498 g/mol. The molecule has 0 radical (unpaired) electrons. The van der Waals surface area contributed by atoms with Gasteiger partial charge in [-0.15, -0.1) is 0 Å². The number of rotatable bonds is 9. The van der Waals surface area contributed by atoms with Crippen LogP contribution < -0.4 is 5.32 Å². The maximum atomic E-state index is 13.4. The Morgan fingerprint density at radius 1 is 1.09 bits per heavy atom. The number of hydrogen-bond acceptors (Lipinski definition) is 6. The van der Waals surface area contributed by atoms with Gasteiger partial charge in [0.25, 0.3) is 0 Å². The van der Waals surface area contributed by atoms with Crippen molar-refractivity contribution in [2.75, 3.05) is 5.75 Å². The van der Waals surface area contributed by atoms with Crippen LogP contribution in [0.15, 0.2) is 60.7 Å². The molecule has 0 aromatic heterocycles. The third-order valence-corrected chi connectivity index (χ3v) is 8.24. The number of nitrogens with one attached hydrogen (secondary N) is 1. The SMILES string of the molecule is O=C(OCc1ccccc1)C(CCc1ccccc1)N[C@H]1CCC[C@@H]2N(C1=O)[C@H](C(=O)O)C[S@+]2[O-]. The predicted molar refractivity (Wildman–Crippen MR) is 131 cm³/mol. The highest BCUT2D eigenvalue weighted by molar-refractivity contribution is 7.92. The van der Waals surface area contributed by atoms with Crippen molar-refractivity contribution in [1.29, 1.82) is 0 Å². The molecule has 2 aromatic rings. The third-order valence-electron chi connectivity index (χ3n) is 6.53. The molecule has 2 fully saturated rings. The molecule has 2 aliphatic heterocycles. The summed E-state index contributed by atoms with van der Waals surface area (Å²) >= 11 is -1.41. The fourth-order valence-corrected chi connectivity index (χ4v) is 6.45. The maximum Gasteiger partial charge on any atom is 0.331 e. The van der Waals surface area contributed by atoms with Crippen LogP contribution in [0, 0.1) is 0 Å². The van der Waals surface area contributed by atoms with Crippen molar-refractivity contribution in [2.45, 2.75) is 62.2 Å². The number of aliphatic carboxylic acids is 1. The van der Waals surface area contributed by atoms with Crippen LogP contribution in [-0.4, -0.2) is 61.7 Å². The van der Waals surface area contributed by atoms with E-state index in [0.29, 0.717) is 32.1 Å². The van der Waals surface area contributed by atoms with Crippen LogP contribution in [0.2, 0.25) is 0 Å². The number of aryl methyl sites for hydroxylation is 1. The lowest BCUT2D eigenvalue weighted by Crippen LogP contribution is -2.55. The zero-order valence-electron chi connectivity index (χ0n) is 19.4. The number of carbonyl (C=O) groups excluding carboxylic acids is 2. The van der Waals surface area contributed by atoms with Gasteiger partial charge in [-0.25, -0.2) is 4.79 Å². The number of benzene rings is 2. The molecule has 5 atom stereocenters. The van der Waals surface area contributed by atoms with E-state index < -0.39 is 52.5 Å². The van der Waals surface area contributed by atoms with Gasteiger partial charge in [0.2, 0.25) is 5.91 Å². The van der Waals surface area contributed by atoms with Crippen LogP contribution in [-0.2, 0) is 43.3 Å². The molecule has 4 rings (SSSR count). The van der Waals surface area contributed by atoms with E-state index in [1.54, 1.807) is 0 Å². The van der Waals surface area contributed by atoms with Crippen molar-refractivity contribution in [3.63, 3.8) is 0 Å². The summed E-state index contributed by atoms with van der Waals surface area (Å²) in [5.74, 6) is -2.09. The summed E-state index contributed by atoms with van der Waals surface area (Å²) in [6, 6.07) is 16.5. The first-order valence-electron chi connectivity index (χ1n) is 11.9. The molecule has 0 aliphatic carbocycles. The number of nitrogens with zero attached hydrogens (tertiary/aromatic N) is 1. The van der Waals surface area contributed by atoms with Crippen molar-refractivity contribution in [3.05, 3.63) is 71.8 Å². The first kappa shape index (κ1) is 25.2.